The van der Waals surface area contributed by atoms with E-state index in [-0.39, 0.29) is 5.91 Å². The van der Waals surface area contributed by atoms with Crippen LogP contribution in [0.5, 0.6) is 0 Å². The molecule has 4 heteroatoms. The van der Waals surface area contributed by atoms with Gasteiger partial charge in [0.2, 0.25) is 0 Å². The zero-order chi connectivity index (χ0) is 18.5. The van der Waals surface area contributed by atoms with Gasteiger partial charge >= 0.3 is 0 Å². The minimum absolute atomic E-state index is 0.206. The normalized spacial score (nSPS) is 10.4. The van der Waals surface area contributed by atoms with Crippen molar-refractivity contribution >= 4 is 17.3 Å². The van der Waals surface area contributed by atoms with Gasteiger partial charge in [-0.1, -0.05) is 47.5 Å². The van der Waals surface area contributed by atoms with Gasteiger partial charge in [-0.05, 0) is 50.1 Å². The number of hydrogen-bond acceptors (Lipinski definition) is 3. The van der Waals surface area contributed by atoms with Crippen LogP contribution in [0.4, 0.5) is 11.4 Å². The fraction of sp³-hybridized carbons (Fsp3) is 0.182. The number of benzene rings is 2. The van der Waals surface area contributed by atoms with Gasteiger partial charge in [0.15, 0.2) is 0 Å². The van der Waals surface area contributed by atoms with E-state index in [1.54, 1.807) is 12.3 Å². The fourth-order valence-electron chi connectivity index (χ4n) is 2.80. The Hall–Kier alpha value is -3.14. The van der Waals surface area contributed by atoms with Crippen LogP contribution in [0.15, 0.2) is 60.8 Å². The van der Waals surface area contributed by atoms with Gasteiger partial charge in [-0.15, -0.1) is 0 Å². The highest BCUT2D eigenvalue weighted by Gasteiger charge is 2.09. The molecule has 0 saturated carbocycles. The Kier molecular flexibility index (Phi) is 5.32. The zero-order valence-electron chi connectivity index (χ0n) is 15.3. The number of pyridine rings is 1. The molecule has 0 saturated heterocycles. The van der Waals surface area contributed by atoms with Gasteiger partial charge in [0.1, 0.15) is 5.69 Å². The van der Waals surface area contributed by atoms with Crippen LogP contribution in [0.2, 0.25) is 0 Å². The minimum atomic E-state index is -0.206. The number of aromatic nitrogens is 1. The van der Waals surface area contributed by atoms with E-state index in [1.807, 2.05) is 44.2 Å². The molecule has 1 heterocycles. The maximum atomic E-state index is 12.4. The summed E-state index contributed by atoms with van der Waals surface area (Å²) in [4.78, 5) is 16.7. The van der Waals surface area contributed by atoms with Crippen molar-refractivity contribution in [2.75, 3.05) is 10.6 Å². The number of nitrogens with one attached hydrogen (secondary N) is 2. The van der Waals surface area contributed by atoms with E-state index < -0.39 is 0 Å². The summed E-state index contributed by atoms with van der Waals surface area (Å²) in [5, 5.41) is 6.24. The summed E-state index contributed by atoms with van der Waals surface area (Å²) < 4.78 is 0. The van der Waals surface area contributed by atoms with Crippen LogP contribution in [-0.2, 0) is 6.54 Å². The van der Waals surface area contributed by atoms with Gasteiger partial charge in [-0.3, -0.25) is 4.79 Å². The number of carbonyl (C=O) groups excluding carboxylic acids is 1. The van der Waals surface area contributed by atoms with Crippen LogP contribution in [-0.4, -0.2) is 10.9 Å². The first kappa shape index (κ1) is 17.7. The number of rotatable bonds is 5. The van der Waals surface area contributed by atoms with Gasteiger partial charge in [0.25, 0.3) is 5.91 Å². The third-order valence-corrected chi connectivity index (χ3v) is 4.21. The van der Waals surface area contributed by atoms with E-state index in [1.165, 1.54) is 16.7 Å². The van der Waals surface area contributed by atoms with E-state index in [4.69, 9.17) is 0 Å². The summed E-state index contributed by atoms with van der Waals surface area (Å²) in [5.41, 5.74) is 6.74. The van der Waals surface area contributed by atoms with Gasteiger partial charge in [-0.25, -0.2) is 4.98 Å². The minimum Gasteiger partial charge on any atom is -0.380 e. The third kappa shape index (κ3) is 4.48. The predicted molar refractivity (Wildman–Crippen MR) is 107 cm³/mol. The molecule has 0 aliphatic rings. The highest BCUT2D eigenvalue weighted by molar-refractivity contribution is 6.03. The van der Waals surface area contributed by atoms with Crippen molar-refractivity contribution in [1.29, 1.82) is 0 Å². The highest BCUT2D eigenvalue weighted by Crippen LogP contribution is 2.17. The molecule has 1 aromatic heterocycles. The molecule has 2 aromatic carbocycles. The number of aryl methyl sites for hydroxylation is 3. The van der Waals surface area contributed by atoms with Crippen molar-refractivity contribution in [3.05, 3.63) is 88.7 Å². The number of hydrogen-bond donors (Lipinski definition) is 2. The Morgan fingerprint density at radius 3 is 2.46 bits per heavy atom. The van der Waals surface area contributed by atoms with Gasteiger partial charge in [-0.2, -0.15) is 0 Å². The molecule has 0 fully saturated rings. The fourth-order valence-corrected chi connectivity index (χ4v) is 2.80. The molecule has 1 amide bonds. The zero-order valence-corrected chi connectivity index (χ0v) is 15.3. The van der Waals surface area contributed by atoms with Crippen LogP contribution < -0.4 is 10.6 Å². The molecule has 132 valence electrons. The second-order valence-electron chi connectivity index (χ2n) is 6.55. The van der Waals surface area contributed by atoms with Crippen molar-refractivity contribution in [1.82, 2.24) is 4.98 Å². The molecule has 0 bridgehead atoms. The number of amides is 1. The largest absolute Gasteiger partial charge is 0.380 e. The third-order valence-electron chi connectivity index (χ3n) is 4.21. The summed E-state index contributed by atoms with van der Waals surface area (Å²) in [6.07, 6.45) is 1.69. The SMILES string of the molecule is Cc1cccc(CNc2ccc(C(=O)Nc3ccc(C)cc3C)nc2)c1. The van der Waals surface area contributed by atoms with Crippen LogP contribution in [0.1, 0.15) is 32.7 Å². The van der Waals surface area contributed by atoms with Crippen LogP contribution in [0.25, 0.3) is 0 Å². The molecule has 3 aromatic rings. The Balaban J connectivity index is 1.62. The Labute approximate surface area is 154 Å². The maximum absolute atomic E-state index is 12.4. The summed E-state index contributed by atoms with van der Waals surface area (Å²) in [5.74, 6) is -0.206. The molecule has 2 N–H and O–H groups in total. The van der Waals surface area contributed by atoms with Crippen LogP contribution in [0.3, 0.4) is 0 Å². The van der Waals surface area contributed by atoms with Gasteiger partial charge in [0.05, 0.1) is 11.9 Å². The summed E-state index contributed by atoms with van der Waals surface area (Å²) in [6.45, 7) is 6.81. The molecule has 0 aliphatic carbocycles. The lowest BCUT2D eigenvalue weighted by Crippen LogP contribution is -2.14. The van der Waals surface area contributed by atoms with Gasteiger partial charge in [0, 0.05) is 12.2 Å². The molecule has 3 rings (SSSR count). The van der Waals surface area contributed by atoms with Crippen molar-refractivity contribution in [2.24, 2.45) is 0 Å². The first-order valence-corrected chi connectivity index (χ1v) is 8.65. The van der Waals surface area contributed by atoms with Crippen molar-refractivity contribution < 1.29 is 4.79 Å². The molecule has 0 unspecified atom stereocenters. The topological polar surface area (TPSA) is 54.0 Å². The molecule has 0 radical (unpaired) electrons. The lowest BCUT2D eigenvalue weighted by molar-refractivity contribution is 0.102. The smallest absolute Gasteiger partial charge is 0.274 e. The maximum Gasteiger partial charge on any atom is 0.274 e. The number of nitrogens with zero attached hydrogens (tertiary/aromatic N) is 1. The summed E-state index contributed by atoms with van der Waals surface area (Å²) in [6, 6.07) is 17.9. The van der Waals surface area contributed by atoms with E-state index in [0.717, 1.165) is 23.5 Å². The Morgan fingerprint density at radius 1 is 0.962 bits per heavy atom. The van der Waals surface area contributed by atoms with E-state index in [0.29, 0.717) is 5.69 Å². The molecule has 4 nitrogen and oxygen atoms in total. The first-order chi connectivity index (χ1) is 12.5. The molecule has 0 atom stereocenters. The number of anilines is 2. The number of carbonyl (C=O) groups is 1. The van der Waals surface area contributed by atoms with Gasteiger partial charge < -0.3 is 10.6 Å². The molecule has 0 spiro atoms. The van der Waals surface area contributed by atoms with Crippen molar-refractivity contribution in [2.45, 2.75) is 27.3 Å². The molecular formula is C22H23N3O. The monoisotopic (exact) mass is 345 g/mol. The summed E-state index contributed by atoms with van der Waals surface area (Å²) >= 11 is 0. The van der Waals surface area contributed by atoms with Crippen LogP contribution >= 0.6 is 0 Å². The quantitative estimate of drug-likeness (QED) is 0.693. The first-order valence-electron chi connectivity index (χ1n) is 8.65. The predicted octanol–water partition coefficient (Wildman–Crippen LogP) is 4.87. The standard InChI is InChI=1S/C22H23N3O/c1-15-5-4-6-18(12-15)13-23-19-8-10-21(24-14-19)22(26)25-20-9-7-16(2)11-17(20)3/h4-12,14,23H,13H2,1-3H3,(H,25,26). The summed E-state index contributed by atoms with van der Waals surface area (Å²) in [7, 11) is 0. The molecule has 0 aliphatic heterocycles. The van der Waals surface area contributed by atoms with Crippen molar-refractivity contribution in [3.8, 4) is 0 Å². The second kappa shape index (κ2) is 7.83. The van der Waals surface area contributed by atoms with Crippen LogP contribution in [0, 0.1) is 20.8 Å². The molecular weight excluding hydrogens is 322 g/mol. The average Bonchev–Trinajstić information content (AvgIpc) is 2.63. The Bertz CT molecular complexity index is 917. The second-order valence-corrected chi connectivity index (χ2v) is 6.55. The van der Waals surface area contributed by atoms with E-state index in [2.05, 4.69) is 40.7 Å². The molecule has 26 heavy (non-hydrogen) atoms. The lowest BCUT2D eigenvalue weighted by Gasteiger charge is -2.10. The average molecular weight is 345 g/mol. The highest BCUT2D eigenvalue weighted by atomic mass is 16.1. The van der Waals surface area contributed by atoms with Crippen molar-refractivity contribution in [3.63, 3.8) is 0 Å². The van der Waals surface area contributed by atoms with E-state index in [9.17, 15) is 4.79 Å². The lowest BCUT2D eigenvalue weighted by atomic mass is 10.1. The Morgan fingerprint density at radius 2 is 1.77 bits per heavy atom. The van der Waals surface area contributed by atoms with E-state index >= 15 is 0 Å².